The molecule has 0 spiro atoms. The second kappa shape index (κ2) is 3.28. The Hall–Kier alpha value is -1.52. The quantitative estimate of drug-likeness (QED) is 0.639. The van der Waals surface area contributed by atoms with Gasteiger partial charge in [0.2, 0.25) is 0 Å². The average molecular weight is 247 g/mol. The van der Waals surface area contributed by atoms with Gasteiger partial charge < -0.3 is 9.29 Å². The van der Waals surface area contributed by atoms with Gasteiger partial charge in [-0.25, -0.2) is 8.78 Å². The molecule has 1 unspecified atom stereocenters. The molecule has 0 saturated heterocycles. The third kappa shape index (κ3) is 1.22. The van der Waals surface area contributed by atoms with Crippen LogP contribution in [0.1, 0.15) is 30.8 Å². The Morgan fingerprint density at radius 1 is 1.28 bits per heavy atom. The summed E-state index contributed by atoms with van der Waals surface area (Å²) in [6.45, 7) is 6.82. The number of rotatable bonds is 0. The number of hydrogen-bond acceptors (Lipinski definition) is 1. The van der Waals surface area contributed by atoms with Crippen LogP contribution in [0, 0.1) is 13.8 Å². The zero-order chi connectivity index (χ0) is 13.2. The van der Waals surface area contributed by atoms with Crippen LogP contribution in [0.25, 0.3) is 6.08 Å². The van der Waals surface area contributed by atoms with E-state index >= 15 is 0 Å². The Balaban J connectivity index is 2.22. The molecular formula is C13H14BF2N2. The van der Waals surface area contributed by atoms with Crippen molar-refractivity contribution in [2.24, 2.45) is 0 Å². The second-order valence-electron chi connectivity index (χ2n) is 5.14. The van der Waals surface area contributed by atoms with Gasteiger partial charge in [-0.3, -0.25) is 0 Å². The van der Waals surface area contributed by atoms with E-state index in [2.05, 4.69) is 0 Å². The summed E-state index contributed by atoms with van der Waals surface area (Å²) >= 11 is 0. The molecule has 2 aliphatic rings. The SMILES string of the molecule is CC1=C(F)C(C)(F)C2=Cc3c(C)cc(C)n3[B]N21. The molecule has 0 N–H and O–H groups in total. The Labute approximate surface area is 106 Å². The maximum atomic E-state index is 14.5. The normalized spacial score (nSPS) is 25.9. The van der Waals surface area contributed by atoms with Crippen molar-refractivity contribution in [1.29, 1.82) is 0 Å². The van der Waals surface area contributed by atoms with Crippen molar-refractivity contribution < 1.29 is 8.78 Å². The van der Waals surface area contributed by atoms with Crippen LogP contribution in [0.5, 0.6) is 0 Å². The molecule has 18 heavy (non-hydrogen) atoms. The highest BCUT2D eigenvalue weighted by Gasteiger charge is 2.47. The first-order valence-corrected chi connectivity index (χ1v) is 5.94. The number of alkyl halides is 1. The standard InChI is InChI=1S/C13H14BF2N2/c1-7-5-8(2)17-10(7)6-11-13(4,16)12(15)9(3)18(11)14-17/h5-6H,1-4H3. The van der Waals surface area contributed by atoms with E-state index in [1.54, 1.807) is 25.4 Å². The molecule has 0 bridgehead atoms. The smallest absolute Gasteiger partial charge is 0.372 e. The predicted molar refractivity (Wildman–Crippen MR) is 68.2 cm³/mol. The van der Waals surface area contributed by atoms with Crippen LogP contribution in [0.4, 0.5) is 8.78 Å². The highest BCUT2D eigenvalue weighted by atomic mass is 19.2. The highest BCUT2D eigenvalue weighted by Crippen LogP contribution is 2.45. The van der Waals surface area contributed by atoms with Gasteiger partial charge in [0.25, 0.3) is 0 Å². The fourth-order valence-electron chi connectivity index (χ4n) is 2.74. The highest BCUT2D eigenvalue weighted by molar-refractivity contribution is 6.34. The molecule has 93 valence electrons. The molecule has 1 aromatic heterocycles. The minimum absolute atomic E-state index is 0.322. The first-order valence-electron chi connectivity index (χ1n) is 5.94. The fraction of sp³-hybridized carbons (Fsp3) is 0.385. The number of fused-ring (bicyclic) bond motifs is 2. The zero-order valence-corrected chi connectivity index (χ0v) is 10.9. The summed E-state index contributed by atoms with van der Waals surface area (Å²) in [6.07, 6.45) is 1.73. The van der Waals surface area contributed by atoms with Crippen LogP contribution in [-0.2, 0) is 0 Å². The molecule has 1 aromatic rings. The van der Waals surface area contributed by atoms with Gasteiger partial charge in [0.15, 0.2) is 11.5 Å². The number of halogens is 2. The van der Waals surface area contributed by atoms with Gasteiger partial charge in [-0.05, 0) is 45.4 Å². The topological polar surface area (TPSA) is 8.17 Å². The zero-order valence-electron chi connectivity index (χ0n) is 10.9. The molecule has 0 aliphatic carbocycles. The molecule has 3 rings (SSSR count). The molecular weight excluding hydrogens is 233 g/mol. The van der Waals surface area contributed by atoms with Crippen LogP contribution in [0.3, 0.4) is 0 Å². The third-order valence-corrected chi connectivity index (χ3v) is 3.81. The maximum absolute atomic E-state index is 14.5. The first kappa shape index (κ1) is 11.6. The van der Waals surface area contributed by atoms with E-state index < -0.39 is 11.5 Å². The Bertz CT molecular complexity index is 611. The summed E-state index contributed by atoms with van der Waals surface area (Å²) in [5, 5.41) is 0. The summed E-state index contributed by atoms with van der Waals surface area (Å²) in [6, 6.07) is 2.04. The molecule has 2 nitrogen and oxygen atoms in total. The lowest BCUT2D eigenvalue weighted by atomic mass is 9.95. The fourth-order valence-corrected chi connectivity index (χ4v) is 2.74. The van der Waals surface area contributed by atoms with Gasteiger partial charge in [-0.1, -0.05) is 0 Å². The van der Waals surface area contributed by atoms with Crippen molar-refractivity contribution in [3.05, 3.63) is 40.2 Å². The van der Waals surface area contributed by atoms with Gasteiger partial charge in [0.05, 0.1) is 5.70 Å². The van der Waals surface area contributed by atoms with E-state index in [1.807, 2.05) is 24.4 Å². The Morgan fingerprint density at radius 2 is 1.94 bits per heavy atom. The number of nitrogens with zero attached hydrogens (tertiary/aromatic N) is 2. The van der Waals surface area contributed by atoms with Gasteiger partial charge in [0, 0.05) is 17.1 Å². The molecule has 0 aromatic carbocycles. The van der Waals surface area contributed by atoms with Gasteiger partial charge in [-0.15, -0.1) is 0 Å². The summed E-state index contributed by atoms with van der Waals surface area (Å²) in [7, 11) is 1.76. The van der Waals surface area contributed by atoms with Gasteiger partial charge in [-0.2, -0.15) is 0 Å². The van der Waals surface area contributed by atoms with E-state index in [1.165, 1.54) is 6.92 Å². The van der Waals surface area contributed by atoms with Gasteiger partial charge in [0.1, 0.15) is 0 Å². The molecule has 1 radical (unpaired) electrons. The first-order chi connectivity index (χ1) is 8.34. The number of hydrogen-bond donors (Lipinski definition) is 0. The van der Waals surface area contributed by atoms with Crippen molar-refractivity contribution >= 4 is 13.6 Å². The summed E-state index contributed by atoms with van der Waals surface area (Å²) in [5.41, 5.74) is 1.69. The number of aromatic nitrogens is 1. The van der Waals surface area contributed by atoms with E-state index in [0.717, 1.165) is 17.0 Å². The van der Waals surface area contributed by atoms with E-state index in [4.69, 9.17) is 0 Å². The predicted octanol–water partition coefficient (Wildman–Crippen LogP) is 3.09. The molecule has 1 atom stereocenters. The lowest BCUT2D eigenvalue weighted by Gasteiger charge is -2.30. The van der Waals surface area contributed by atoms with E-state index in [9.17, 15) is 8.78 Å². The minimum Gasteiger partial charge on any atom is -0.372 e. The van der Waals surface area contributed by atoms with Crippen molar-refractivity contribution in [2.75, 3.05) is 0 Å². The monoisotopic (exact) mass is 247 g/mol. The van der Waals surface area contributed by atoms with Crippen LogP contribution < -0.4 is 0 Å². The lowest BCUT2D eigenvalue weighted by Crippen LogP contribution is -2.36. The van der Waals surface area contributed by atoms with Crippen LogP contribution in [-0.4, -0.2) is 22.5 Å². The minimum atomic E-state index is -2.03. The molecule has 0 amide bonds. The van der Waals surface area contributed by atoms with Crippen LogP contribution in [0.15, 0.2) is 23.3 Å². The summed E-state index contributed by atoms with van der Waals surface area (Å²) < 4.78 is 30.3. The molecule has 3 heterocycles. The van der Waals surface area contributed by atoms with Crippen LogP contribution >= 0.6 is 0 Å². The molecule has 0 saturated carbocycles. The van der Waals surface area contributed by atoms with Crippen LogP contribution in [0.2, 0.25) is 0 Å². The molecule has 0 fully saturated rings. The van der Waals surface area contributed by atoms with Crippen molar-refractivity contribution in [1.82, 2.24) is 9.29 Å². The summed E-state index contributed by atoms with van der Waals surface area (Å²) in [4.78, 5) is 1.59. The Kier molecular flexibility index (Phi) is 2.11. The van der Waals surface area contributed by atoms with Crippen molar-refractivity contribution in [3.63, 3.8) is 0 Å². The molecule has 2 aliphatic heterocycles. The van der Waals surface area contributed by atoms with E-state index in [0.29, 0.717) is 11.4 Å². The molecule has 5 heteroatoms. The summed E-state index contributed by atoms with van der Waals surface area (Å²) in [5.74, 6) is -0.703. The van der Waals surface area contributed by atoms with Crippen molar-refractivity contribution in [3.8, 4) is 0 Å². The second-order valence-corrected chi connectivity index (χ2v) is 5.14. The Morgan fingerprint density at radius 3 is 2.61 bits per heavy atom. The average Bonchev–Trinajstić information content (AvgIpc) is 2.68. The number of aryl methyl sites for hydroxylation is 2. The van der Waals surface area contributed by atoms with E-state index in [-0.39, 0.29) is 0 Å². The van der Waals surface area contributed by atoms with Crippen molar-refractivity contribution in [2.45, 2.75) is 33.4 Å². The third-order valence-electron chi connectivity index (χ3n) is 3.81. The number of allylic oxidation sites excluding steroid dienone is 2. The maximum Gasteiger partial charge on any atom is 0.400 e. The van der Waals surface area contributed by atoms with Gasteiger partial charge >= 0.3 is 7.55 Å². The largest absolute Gasteiger partial charge is 0.400 e. The lowest BCUT2D eigenvalue weighted by molar-refractivity contribution is 0.244.